The third-order valence-electron chi connectivity index (χ3n) is 2.84. The second kappa shape index (κ2) is 6.81. The summed E-state index contributed by atoms with van der Waals surface area (Å²) in [5.41, 5.74) is 9.11. The number of benzene rings is 2. The monoisotopic (exact) mass is 300 g/mol. The van der Waals surface area contributed by atoms with Gasteiger partial charge in [-0.15, -0.1) is 0 Å². The Morgan fingerprint density at radius 2 is 1.95 bits per heavy atom. The normalized spacial score (nSPS) is 11.2. The number of anilines is 1. The lowest BCUT2D eigenvalue weighted by molar-refractivity contribution is -0.115. The number of amides is 1. The molecule has 0 radical (unpaired) electrons. The zero-order valence-corrected chi connectivity index (χ0v) is 12.4. The van der Waals surface area contributed by atoms with Crippen LogP contribution in [-0.2, 0) is 4.79 Å². The third kappa shape index (κ3) is 4.25. The number of hydrogen-bond acceptors (Lipinski definition) is 3. The first-order valence-corrected chi connectivity index (χ1v) is 6.83. The summed E-state index contributed by atoms with van der Waals surface area (Å²) in [5, 5.41) is 8.96. The smallest absolute Gasteiger partial charge is 0.230 e. The molecule has 1 amide bonds. The molecule has 0 unspecified atom stereocenters. The maximum atomic E-state index is 12.0. The van der Waals surface area contributed by atoms with Gasteiger partial charge in [-0.2, -0.15) is 5.10 Å². The highest BCUT2D eigenvalue weighted by atomic mass is 32.1. The van der Waals surface area contributed by atoms with E-state index in [-0.39, 0.29) is 17.4 Å². The van der Waals surface area contributed by atoms with E-state index in [1.165, 1.54) is 0 Å². The van der Waals surface area contributed by atoms with Gasteiger partial charge in [-0.1, -0.05) is 36.4 Å². The van der Waals surface area contributed by atoms with Gasteiger partial charge in [-0.25, -0.2) is 0 Å². The van der Waals surface area contributed by atoms with Crippen LogP contribution in [0, 0.1) is 0 Å². The average molecular weight is 300 g/mol. The van der Waals surface area contributed by atoms with Gasteiger partial charge in [0.15, 0.2) is 5.11 Å². The predicted molar refractivity (Wildman–Crippen MR) is 90.2 cm³/mol. The van der Waals surface area contributed by atoms with Crippen LogP contribution in [-0.4, -0.2) is 16.7 Å². The van der Waals surface area contributed by atoms with Gasteiger partial charge in [0, 0.05) is 16.8 Å². The topological polar surface area (TPSA) is 79.5 Å². The van der Waals surface area contributed by atoms with Crippen molar-refractivity contribution >= 4 is 45.4 Å². The molecule has 0 atom stereocenters. The lowest BCUT2D eigenvalue weighted by atomic mass is 10.1. The number of nitrogens with zero attached hydrogens (tertiary/aromatic N) is 1. The van der Waals surface area contributed by atoms with E-state index in [4.69, 9.17) is 5.73 Å². The number of rotatable bonds is 4. The molecule has 2 aromatic carbocycles. The number of nitrogens with two attached hydrogens (primary N) is 1. The summed E-state index contributed by atoms with van der Waals surface area (Å²) in [6.07, 6.45) is 0.166. The first-order valence-electron chi connectivity index (χ1n) is 6.42. The minimum absolute atomic E-state index is 0.0730. The summed E-state index contributed by atoms with van der Waals surface area (Å²) < 4.78 is 0. The summed E-state index contributed by atoms with van der Waals surface area (Å²) in [4.78, 5) is 12.0. The molecule has 4 N–H and O–H groups in total. The van der Waals surface area contributed by atoms with Gasteiger partial charge in [-0.05, 0) is 30.6 Å². The van der Waals surface area contributed by atoms with Crippen LogP contribution >= 0.6 is 12.2 Å². The van der Waals surface area contributed by atoms with Crippen molar-refractivity contribution in [1.82, 2.24) is 5.43 Å². The van der Waals surface area contributed by atoms with Crippen molar-refractivity contribution in [3.8, 4) is 0 Å². The first-order chi connectivity index (χ1) is 10.1. The molecule has 108 valence electrons. The number of nitrogens with one attached hydrogen (secondary N) is 2. The van der Waals surface area contributed by atoms with Crippen molar-refractivity contribution < 1.29 is 4.79 Å². The van der Waals surface area contributed by atoms with Crippen LogP contribution in [0.5, 0.6) is 0 Å². The number of hydrogen-bond donors (Lipinski definition) is 3. The van der Waals surface area contributed by atoms with E-state index < -0.39 is 0 Å². The standard InChI is InChI=1S/C15H16N4OS/c1-10(18-19-15(16)21)9-14(20)17-13-8-4-6-11-5-2-3-7-12(11)13/h2-8H,9H2,1H3,(H,17,20)(H3,16,19,21)/b18-10+. The molecule has 0 bridgehead atoms. The molecule has 0 aliphatic carbocycles. The number of carbonyl (C=O) groups is 1. The van der Waals surface area contributed by atoms with E-state index in [9.17, 15) is 4.79 Å². The van der Waals surface area contributed by atoms with Gasteiger partial charge in [0.25, 0.3) is 0 Å². The Balaban J connectivity index is 2.08. The molecule has 0 spiro atoms. The van der Waals surface area contributed by atoms with Crippen molar-refractivity contribution in [2.24, 2.45) is 10.8 Å². The van der Waals surface area contributed by atoms with Crippen molar-refractivity contribution in [2.75, 3.05) is 5.32 Å². The minimum atomic E-state index is -0.141. The molecular weight excluding hydrogens is 284 g/mol. The fraction of sp³-hybridized carbons (Fsp3) is 0.133. The van der Waals surface area contributed by atoms with E-state index in [0.717, 1.165) is 16.5 Å². The van der Waals surface area contributed by atoms with Crippen LogP contribution < -0.4 is 16.5 Å². The number of fused-ring (bicyclic) bond motifs is 1. The zero-order valence-electron chi connectivity index (χ0n) is 11.6. The summed E-state index contributed by atoms with van der Waals surface area (Å²) in [6, 6.07) is 13.7. The zero-order chi connectivity index (χ0) is 15.2. The molecule has 0 heterocycles. The number of carbonyl (C=O) groups excluding carboxylic acids is 1. The quantitative estimate of drug-likeness (QED) is 0.460. The number of thiocarbonyl (C=S) groups is 1. The fourth-order valence-corrected chi connectivity index (χ4v) is 2.00. The van der Waals surface area contributed by atoms with Gasteiger partial charge >= 0.3 is 0 Å². The molecule has 2 aromatic rings. The maximum Gasteiger partial charge on any atom is 0.230 e. The van der Waals surface area contributed by atoms with E-state index in [1.54, 1.807) is 6.92 Å². The average Bonchev–Trinajstić information content (AvgIpc) is 2.45. The van der Waals surface area contributed by atoms with Crippen LogP contribution in [0.2, 0.25) is 0 Å². The molecule has 0 saturated heterocycles. The highest BCUT2D eigenvalue weighted by Gasteiger charge is 2.07. The van der Waals surface area contributed by atoms with E-state index in [2.05, 4.69) is 28.1 Å². The molecule has 0 fully saturated rings. The Kier molecular flexibility index (Phi) is 4.84. The molecule has 5 nitrogen and oxygen atoms in total. The SMILES string of the molecule is C/C(CC(=O)Nc1cccc2ccccc12)=N\NC(N)=S. The van der Waals surface area contributed by atoms with E-state index in [0.29, 0.717) is 5.71 Å². The minimum Gasteiger partial charge on any atom is -0.375 e. The van der Waals surface area contributed by atoms with Crippen molar-refractivity contribution in [3.05, 3.63) is 42.5 Å². The summed E-state index contributed by atoms with van der Waals surface area (Å²) in [7, 11) is 0. The molecule has 0 aliphatic heterocycles. The van der Waals surface area contributed by atoms with Crippen LogP contribution in [0.25, 0.3) is 10.8 Å². The Bertz CT molecular complexity index is 706. The Hall–Kier alpha value is -2.47. The van der Waals surface area contributed by atoms with Crippen molar-refractivity contribution in [1.29, 1.82) is 0 Å². The fourth-order valence-electron chi connectivity index (χ4n) is 1.95. The lowest BCUT2D eigenvalue weighted by Crippen LogP contribution is -2.26. The second-order valence-corrected chi connectivity index (χ2v) is 5.01. The van der Waals surface area contributed by atoms with Gasteiger partial charge < -0.3 is 11.1 Å². The molecule has 0 saturated carbocycles. The van der Waals surface area contributed by atoms with Crippen LogP contribution in [0.1, 0.15) is 13.3 Å². The highest BCUT2D eigenvalue weighted by Crippen LogP contribution is 2.22. The number of hydrazone groups is 1. The summed E-state index contributed by atoms with van der Waals surface area (Å²) in [6.45, 7) is 1.73. The maximum absolute atomic E-state index is 12.0. The molecule has 2 rings (SSSR count). The molecule has 0 aliphatic rings. The predicted octanol–water partition coefficient (Wildman–Crippen LogP) is 2.38. The van der Waals surface area contributed by atoms with Crippen molar-refractivity contribution in [2.45, 2.75) is 13.3 Å². The van der Waals surface area contributed by atoms with Gasteiger partial charge in [0.05, 0.1) is 6.42 Å². The van der Waals surface area contributed by atoms with E-state index in [1.807, 2.05) is 42.5 Å². The summed E-state index contributed by atoms with van der Waals surface area (Å²) in [5.74, 6) is -0.141. The van der Waals surface area contributed by atoms with Gasteiger partial charge in [0.1, 0.15) is 0 Å². The van der Waals surface area contributed by atoms with Gasteiger partial charge in [0.2, 0.25) is 5.91 Å². The first kappa shape index (κ1) is 14.9. The second-order valence-electron chi connectivity index (χ2n) is 4.57. The summed E-state index contributed by atoms with van der Waals surface area (Å²) >= 11 is 4.64. The third-order valence-corrected chi connectivity index (χ3v) is 2.93. The largest absolute Gasteiger partial charge is 0.375 e. The molecule has 21 heavy (non-hydrogen) atoms. The van der Waals surface area contributed by atoms with Crippen LogP contribution in [0.3, 0.4) is 0 Å². The van der Waals surface area contributed by atoms with Gasteiger partial charge in [-0.3, -0.25) is 10.2 Å². The van der Waals surface area contributed by atoms with Crippen molar-refractivity contribution in [3.63, 3.8) is 0 Å². The Labute approximate surface area is 128 Å². The molecule has 6 heteroatoms. The molecule has 0 aromatic heterocycles. The highest BCUT2D eigenvalue weighted by molar-refractivity contribution is 7.80. The van der Waals surface area contributed by atoms with E-state index >= 15 is 0 Å². The van der Waals surface area contributed by atoms with Crippen LogP contribution in [0.4, 0.5) is 5.69 Å². The van der Waals surface area contributed by atoms with Crippen LogP contribution in [0.15, 0.2) is 47.6 Å². The Morgan fingerprint density at radius 3 is 2.71 bits per heavy atom. The Morgan fingerprint density at radius 1 is 1.24 bits per heavy atom. The molecular formula is C15H16N4OS. The lowest BCUT2D eigenvalue weighted by Gasteiger charge is -2.08.